The van der Waals surface area contributed by atoms with Gasteiger partial charge in [0, 0.05) is 17.8 Å². The minimum absolute atomic E-state index is 0.256. The van der Waals surface area contributed by atoms with E-state index in [-0.39, 0.29) is 6.23 Å². The largest absolute Gasteiger partial charge is 0.760 e. The molecule has 1 aliphatic rings. The fraction of sp³-hybridized carbons (Fsp3) is 0.333. The van der Waals surface area contributed by atoms with Crippen LogP contribution in [0.15, 0.2) is 30.3 Å². The average Bonchev–Trinajstić information content (AvgIpc) is 2.99. The molecule has 14 heavy (non-hydrogen) atoms. The topological polar surface area (TPSA) is 55.9 Å². The number of hydrogen-bond acceptors (Lipinski definition) is 3. The molecule has 1 saturated heterocycles. The van der Waals surface area contributed by atoms with Gasteiger partial charge < -0.3 is 9.29 Å². The maximum atomic E-state index is 10.8. The first-order chi connectivity index (χ1) is 6.77. The molecule has 0 amide bonds. The van der Waals surface area contributed by atoms with Crippen LogP contribution in [0.4, 0.5) is 0 Å². The molecule has 0 N–H and O–H groups in total. The van der Waals surface area contributed by atoms with Crippen molar-refractivity contribution in [1.29, 1.82) is 0 Å². The third kappa shape index (κ3) is 2.39. The SMILES string of the molecule is O=S([O-])N(Cc1ccccc1)C1CO1. The van der Waals surface area contributed by atoms with E-state index in [1.54, 1.807) is 0 Å². The highest BCUT2D eigenvalue weighted by Gasteiger charge is 2.31. The van der Waals surface area contributed by atoms with Gasteiger partial charge in [-0.1, -0.05) is 30.3 Å². The molecule has 0 saturated carbocycles. The zero-order valence-electron chi connectivity index (χ0n) is 7.46. The summed E-state index contributed by atoms with van der Waals surface area (Å²) >= 11 is -2.21. The molecule has 2 atom stereocenters. The van der Waals surface area contributed by atoms with Gasteiger partial charge in [-0.2, -0.15) is 0 Å². The number of nitrogens with zero attached hydrogens (tertiary/aromatic N) is 1. The highest BCUT2D eigenvalue weighted by molar-refractivity contribution is 7.76. The van der Waals surface area contributed by atoms with Crippen molar-refractivity contribution >= 4 is 11.3 Å². The van der Waals surface area contributed by atoms with Crippen molar-refractivity contribution in [3.05, 3.63) is 35.9 Å². The number of epoxide rings is 1. The van der Waals surface area contributed by atoms with Gasteiger partial charge in [-0.25, -0.2) is 4.31 Å². The van der Waals surface area contributed by atoms with Crippen LogP contribution in [0.2, 0.25) is 0 Å². The van der Waals surface area contributed by atoms with Gasteiger partial charge in [0.25, 0.3) is 0 Å². The second-order valence-corrected chi connectivity index (χ2v) is 3.97. The Morgan fingerprint density at radius 3 is 2.64 bits per heavy atom. The fourth-order valence-corrected chi connectivity index (χ4v) is 1.79. The van der Waals surface area contributed by atoms with E-state index >= 15 is 0 Å². The molecule has 0 aliphatic carbocycles. The number of hydrogen-bond donors (Lipinski definition) is 0. The molecule has 1 aromatic carbocycles. The Kier molecular flexibility index (Phi) is 2.93. The van der Waals surface area contributed by atoms with Crippen LogP contribution >= 0.6 is 0 Å². The first kappa shape index (κ1) is 9.79. The third-order valence-corrected chi connectivity index (χ3v) is 2.76. The zero-order valence-corrected chi connectivity index (χ0v) is 8.28. The fourth-order valence-electron chi connectivity index (χ4n) is 1.22. The molecule has 0 aromatic heterocycles. The first-order valence-corrected chi connectivity index (χ1v) is 5.32. The lowest BCUT2D eigenvalue weighted by Crippen LogP contribution is -2.28. The van der Waals surface area contributed by atoms with Gasteiger partial charge >= 0.3 is 0 Å². The van der Waals surface area contributed by atoms with Crippen molar-refractivity contribution in [2.75, 3.05) is 6.61 Å². The average molecular weight is 212 g/mol. The van der Waals surface area contributed by atoms with Crippen LogP contribution in [-0.2, 0) is 22.5 Å². The van der Waals surface area contributed by atoms with E-state index in [2.05, 4.69) is 0 Å². The van der Waals surface area contributed by atoms with Gasteiger partial charge in [-0.3, -0.25) is 4.21 Å². The summed E-state index contributed by atoms with van der Waals surface area (Å²) in [7, 11) is 0. The smallest absolute Gasteiger partial charge is 0.144 e. The minimum Gasteiger partial charge on any atom is -0.760 e. The van der Waals surface area contributed by atoms with Crippen molar-refractivity contribution in [2.24, 2.45) is 0 Å². The molecule has 0 bridgehead atoms. The van der Waals surface area contributed by atoms with Crippen molar-refractivity contribution in [3.8, 4) is 0 Å². The number of ether oxygens (including phenoxy) is 1. The van der Waals surface area contributed by atoms with E-state index in [9.17, 15) is 8.76 Å². The molecular weight excluding hydrogens is 202 g/mol. The molecule has 1 fully saturated rings. The summed E-state index contributed by atoms with van der Waals surface area (Å²) in [6, 6.07) is 9.45. The summed E-state index contributed by atoms with van der Waals surface area (Å²) in [6.07, 6.45) is -0.256. The molecule has 1 heterocycles. The lowest BCUT2D eigenvalue weighted by atomic mass is 10.2. The predicted octanol–water partition coefficient (Wildman–Crippen LogP) is 0.639. The highest BCUT2D eigenvalue weighted by Crippen LogP contribution is 2.19. The maximum absolute atomic E-state index is 10.8. The molecule has 4 nitrogen and oxygen atoms in total. The van der Waals surface area contributed by atoms with Gasteiger partial charge in [0.15, 0.2) is 0 Å². The Morgan fingerprint density at radius 1 is 1.50 bits per heavy atom. The van der Waals surface area contributed by atoms with Crippen LogP contribution in [0.1, 0.15) is 5.56 Å². The standard InChI is InChI=1S/C9H11NO3S/c11-14(12)10(9-7-13-9)6-8-4-2-1-3-5-8/h1-5,9H,6-7H2,(H,11,12)/p-1. The van der Waals surface area contributed by atoms with Gasteiger partial charge in [-0.05, 0) is 5.56 Å². The van der Waals surface area contributed by atoms with Gasteiger partial charge in [0.05, 0.1) is 6.61 Å². The Hall–Kier alpha value is -0.750. The van der Waals surface area contributed by atoms with Crippen LogP contribution in [-0.4, -0.2) is 25.9 Å². The monoisotopic (exact) mass is 212 g/mol. The summed E-state index contributed by atoms with van der Waals surface area (Å²) in [6.45, 7) is 0.877. The highest BCUT2D eigenvalue weighted by atomic mass is 32.2. The van der Waals surface area contributed by atoms with Gasteiger partial charge in [0.1, 0.15) is 6.23 Å². The Labute approximate surface area is 84.9 Å². The molecule has 2 unspecified atom stereocenters. The van der Waals surface area contributed by atoms with Crippen LogP contribution in [0, 0.1) is 0 Å². The molecule has 0 spiro atoms. The van der Waals surface area contributed by atoms with Crippen LogP contribution in [0.3, 0.4) is 0 Å². The molecular formula is C9H10NO3S-. The van der Waals surface area contributed by atoms with Gasteiger partial charge in [-0.15, -0.1) is 0 Å². The summed E-state index contributed by atoms with van der Waals surface area (Å²) in [5.74, 6) is 0. The molecule has 0 radical (unpaired) electrons. The maximum Gasteiger partial charge on any atom is 0.144 e. The molecule has 5 heteroatoms. The second kappa shape index (κ2) is 4.18. The zero-order chi connectivity index (χ0) is 9.97. The van der Waals surface area contributed by atoms with Crippen LogP contribution in [0.5, 0.6) is 0 Å². The predicted molar refractivity (Wildman–Crippen MR) is 50.6 cm³/mol. The van der Waals surface area contributed by atoms with Crippen molar-refractivity contribution in [3.63, 3.8) is 0 Å². The van der Waals surface area contributed by atoms with E-state index in [1.165, 1.54) is 4.31 Å². The third-order valence-electron chi connectivity index (χ3n) is 2.01. The van der Waals surface area contributed by atoms with Crippen molar-refractivity contribution in [1.82, 2.24) is 4.31 Å². The Morgan fingerprint density at radius 2 is 2.14 bits per heavy atom. The van der Waals surface area contributed by atoms with E-state index < -0.39 is 11.3 Å². The quantitative estimate of drug-likeness (QED) is 0.543. The van der Waals surface area contributed by atoms with Crippen molar-refractivity contribution < 1.29 is 13.5 Å². The number of benzene rings is 1. The van der Waals surface area contributed by atoms with E-state index in [1.807, 2.05) is 30.3 Å². The molecule has 1 aliphatic heterocycles. The number of rotatable bonds is 4. The first-order valence-electron chi connectivity index (χ1n) is 4.29. The lowest BCUT2D eigenvalue weighted by Gasteiger charge is -2.21. The summed E-state index contributed by atoms with van der Waals surface area (Å²) < 4.78 is 27.9. The second-order valence-electron chi connectivity index (χ2n) is 3.07. The van der Waals surface area contributed by atoms with Crippen LogP contribution < -0.4 is 0 Å². The van der Waals surface area contributed by atoms with Crippen LogP contribution in [0.25, 0.3) is 0 Å². The van der Waals surface area contributed by atoms with E-state index in [0.29, 0.717) is 13.2 Å². The Balaban J connectivity index is 2.04. The van der Waals surface area contributed by atoms with E-state index in [4.69, 9.17) is 4.74 Å². The van der Waals surface area contributed by atoms with E-state index in [0.717, 1.165) is 5.56 Å². The molecule has 76 valence electrons. The molecule has 2 rings (SSSR count). The van der Waals surface area contributed by atoms with Crippen molar-refractivity contribution in [2.45, 2.75) is 12.8 Å². The summed E-state index contributed by atoms with van der Waals surface area (Å²) in [4.78, 5) is 0. The lowest BCUT2D eigenvalue weighted by molar-refractivity contribution is 0.258. The Bertz CT molecular complexity index is 326. The van der Waals surface area contributed by atoms with Gasteiger partial charge in [0.2, 0.25) is 0 Å². The summed E-state index contributed by atoms with van der Waals surface area (Å²) in [5, 5.41) is 0. The molecule has 1 aromatic rings. The summed E-state index contributed by atoms with van der Waals surface area (Å²) in [5.41, 5.74) is 0.965. The minimum atomic E-state index is -2.21. The normalized spacial score (nSPS) is 22.3.